The van der Waals surface area contributed by atoms with Gasteiger partial charge in [-0.3, -0.25) is 15.4 Å². The first kappa shape index (κ1) is 17.9. The molecule has 0 saturated carbocycles. The largest absolute Gasteiger partial charge is 0.332 e. The van der Waals surface area contributed by atoms with Gasteiger partial charge >= 0.3 is 6.03 Å². The average Bonchev–Trinajstić information content (AvgIpc) is 2.50. The first-order chi connectivity index (χ1) is 10.5. The lowest BCUT2D eigenvalue weighted by Gasteiger charge is -2.25. The summed E-state index contributed by atoms with van der Waals surface area (Å²) in [5.74, 6) is -0.556. The summed E-state index contributed by atoms with van der Waals surface area (Å²) in [6, 6.07) is 6.61. The number of nitrogens with one attached hydrogen (secondary N) is 2. The fourth-order valence-electron chi connectivity index (χ4n) is 1.91. The number of hydroxylamine groups is 1. The number of rotatable bonds is 7. The number of benzene rings is 1. The molecule has 0 unspecified atom stereocenters. The van der Waals surface area contributed by atoms with Gasteiger partial charge in [-0.1, -0.05) is 25.5 Å². The standard InChI is InChI=1S/C15H24N4O3/c1-4-5-10-19(15(21)16-18(2)3)11-12-6-8-13(9-7-12)14(20)17-22/h6-9,22H,4-5,10-11H2,1-3H3,(H,16,21)(H,17,20). The minimum Gasteiger partial charge on any atom is -0.319 e. The maximum absolute atomic E-state index is 12.2. The average molecular weight is 308 g/mol. The number of hydrogen-bond donors (Lipinski definition) is 3. The van der Waals surface area contributed by atoms with Crippen LogP contribution in [-0.4, -0.2) is 47.7 Å². The van der Waals surface area contributed by atoms with E-state index in [4.69, 9.17) is 5.21 Å². The van der Waals surface area contributed by atoms with Crippen molar-refractivity contribution in [2.75, 3.05) is 20.6 Å². The van der Waals surface area contributed by atoms with Crippen molar-refractivity contribution in [1.82, 2.24) is 20.8 Å². The highest BCUT2D eigenvalue weighted by atomic mass is 16.5. The molecule has 0 aliphatic rings. The van der Waals surface area contributed by atoms with E-state index in [1.165, 1.54) is 0 Å². The van der Waals surface area contributed by atoms with E-state index in [0.29, 0.717) is 18.7 Å². The zero-order valence-corrected chi connectivity index (χ0v) is 13.3. The molecule has 1 rings (SSSR count). The van der Waals surface area contributed by atoms with Crippen molar-refractivity contribution in [2.24, 2.45) is 0 Å². The fraction of sp³-hybridized carbons (Fsp3) is 0.467. The molecule has 0 aliphatic carbocycles. The molecule has 0 spiro atoms. The number of nitrogens with zero attached hydrogens (tertiary/aromatic N) is 2. The Morgan fingerprint density at radius 3 is 2.32 bits per heavy atom. The molecule has 122 valence electrons. The van der Waals surface area contributed by atoms with Gasteiger partial charge < -0.3 is 4.90 Å². The molecule has 1 aromatic carbocycles. The van der Waals surface area contributed by atoms with E-state index in [9.17, 15) is 9.59 Å². The molecule has 0 heterocycles. The van der Waals surface area contributed by atoms with Crippen molar-refractivity contribution in [3.8, 4) is 0 Å². The zero-order valence-electron chi connectivity index (χ0n) is 13.3. The van der Waals surface area contributed by atoms with Crippen LogP contribution in [0, 0.1) is 0 Å². The van der Waals surface area contributed by atoms with Gasteiger partial charge in [-0.25, -0.2) is 15.3 Å². The molecule has 3 amide bonds. The molecule has 22 heavy (non-hydrogen) atoms. The second kappa shape index (κ2) is 9.01. The van der Waals surface area contributed by atoms with Crippen LogP contribution in [0.2, 0.25) is 0 Å². The molecular weight excluding hydrogens is 284 g/mol. The van der Waals surface area contributed by atoms with Gasteiger partial charge in [0, 0.05) is 32.7 Å². The lowest BCUT2D eigenvalue weighted by atomic mass is 10.1. The number of hydrogen-bond acceptors (Lipinski definition) is 4. The van der Waals surface area contributed by atoms with Crippen LogP contribution in [-0.2, 0) is 6.54 Å². The van der Waals surface area contributed by atoms with Gasteiger partial charge in [-0.2, -0.15) is 0 Å². The topological polar surface area (TPSA) is 84.9 Å². The molecule has 0 fully saturated rings. The lowest BCUT2D eigenvalue weighted by molar-refractivity contribution is 0.0706. The zero-order chi connectivity index (χ0) is 16.5. The predicted molar refractivity (Wildman–Crippen MR) is 83.2 cm³/mol. The Morgan fingerprint density at radius 2 is 1.82 bits per heavy atom. The van der Waals surface area contributed by atoms with E-state index in [-0.39, 0.29) is 6.03 Å². The molecule has 1 aromatic rings. The summed E-state index contributed by atoms with van der Waals surface area (Å²) < 4.78 is 0. The van der Waals surface area contributed by atoms with Crippen molar-refractivity contribution in [3.63, 3.8) is 0 Å². The van der Waals surface area contributed by atoms with Crippen LogP contribution in [0.5, 0.6) is 0 Å². The molecule has 7 heteroatoms. The number of urea groups is 1. The lowest BCUT2D eigenvalue weighted by Crippen LogP contribution is -2.45. The number of carbonyl (C=O) groups excluding carboxylic acids is 2. The third kappa shape index (κ3) is 5.71. The predicted octanol–water partition coefficient (Wildman–Crippen LogP) is 1.59. The highest BCUT2D eigenvalue weighted by Crippen LogP contribution is 2.09. The van der Waals surface area contributed by atoms with Crippen molar-refractivity contribution in [1.29, 1.82) is 0 Å². The van der Waals surface area contributed by atoms with Crippen LogP contribution < -0.4 is 10.9 Å². The molecular formula is C15H24N4O3. The first-order valence-corrected chi connectivity index (χ1v) is 7.24. The number of hydrazine groups is 1. The highest BCUT2D eigenvalue weighted by molar-refractivity contribution is 5.93. The van der Waals surface area contributed by atoms with E-state index >= 15 is 0 Å². The van der Waals surface area contributed by atoms with Gasteiger partial charge in [0.2, 0.25) is 0 Å². The van der Waals surface area contributed by atoms with E-state index in [1.807, 2.05) is 0 Å². The van der Waals surface area contributed by atoms with Crippen LogP contribution in [0.15, 0.2) is 24.3 Å². The van der Waals surface area contributed by atoms with Crippen LogP contribution >= 0.6 is 0 Å². The third-order valence-electron chi connectivity index (χ3n) is 3.08. The maximum atomic E-state index is 12.2. The van der Waals surface area contributed by atoms with E-state index in [0.717, 1.165) is 18.4 Å². The Bertz CT molecular complexity index is 488. The molecule has 3 N–H and O–H groups in total. The smallest absolute Gasteiger partial charge is 0.319 e. The normalized spacial score (nSPS) is 10.4. The minimum atomic E-state index is -0.556. The fourth-order valence-corrected chi connectivity index (χ4v) is 1.91. The Labute approximate surface area is 130 Å². The first-order valence-electron chi connectivity index (χ1n) is 7.24. The summed E-state index contributed by atoms with van der Waals surface area (Å²) in [4.78, 5) is 25.2. The van der Waals surface area contributed by atoms with Gasteiger partial charge in [-0.15, -0.1) is 0 Å². The second-order valence-corrected chi connectivity index (χ2v) is 5.22. The molecule has 0 bridgehead atoms. The SMILES string of the molecule is CCCCN(Cc1ccc(C(=O)NO)cc1)C(=O)NN(C)C. The van der Waals surface area contributed by atoms with Gasteiger partial charge in [0.05, 0.1) is 0 Å². The van der Waals surface area contributed by atoms with E-state index < -0.39 is 5.91 Å². The van der Waals surface area contributed by atoms with Gasteiger partial charge in [0.25, 0.3) is 5.91 Å². The highest BCUT2D eigenvalue weighted by Gasteiger charge is 2.14. The molecule has 0 saturated heterocycles. The third-order valence-corrected chi connectivity index (χ3v) is 3.08. The van der Waals surface area contributed by atoms with Gasteiger partial charge in [0.15, 0.2) is 0 Å². The van der Waals surface area contributed by atoms with Crippen LogP contribution in [0.25, 0.3) is 0 Å². The molecule has 7 nitrogen and oxygen atoms in total. The number of unbranched alkanes of at least 4 members (excludes halogenated alkanes) is 1. The Hall–Kier alpha value is -2.12. The quantitative estimate of drug-likeness (QED) is 0.527. The Kier molecular flexibility index (Phi) is 7.34. The van der Waals surface area contributed by atoms with Crippen molar-refractivity contribution in [2.45, 2.75) is 26.3 Å². The molecule has 0 aromatic heterocycles. The Balaban J connectivity index is 2.75. The second-order valence-electron chi connectivity index (χ2n) is 5.22. The van der Waals surface area contributed by atoms with Crippen LogP contribution in [0.1, 0.15) is 35.7 Å². The van der Waals surface area contributed by atoms with Crippen LogP contribution in [0.3, 0.4) is 0 Å². The summed E-state index contributed by atoms with van der Waals surface area (Å²) >= 11 is 0. The number of carbonyl (C=O) groups is 2. The van der Waals surface area contributed by atoms with Crippen molar-refractivity contribution >= 4 is 11.9 Å². The van der Waals surface area contributed by atoms with Gasteiger partial charge in [-0.05, 0) is 24.1 Å². The Morgan fingerprint density at radius 1 is 1.18 bits per heavy atom. The minimum absolute atomic E-state index is 0.157. The molecule has 0 aliphatic heterocycles. The summed E-state index contributed by atoms with van der Waals surface area (Å²) in [5.41, 5.74) is 5.61. The number of amides is 3. The molecule has 0 atom stereocenters. The van der Waals surface area contributed by atoms with E-state index in [2.05, 4.69) is 12.3 Å². The summed E-state index contributed by atoms with van der Waals surface area (Å²) in [6.07, 6.45) is 1.92. The van der Waals surface area contributed by atoms with Crippen molar-refractivity contribution in [3.05, 3.63) is 35.4 Å². The monoisotopic (exact) mass is 308 g/mol. The van der Waals surface area contributed by atoms with E-state index in [1.54, 1.807) is 53.7 Å². The van der Waals surface area contributed by atoms with Gasteiger partial charge in [0.1, 0.15) is 0 Å². The summed E-state index contributed by atoms with van der Waals surface area (Å²) in [5, 5.41) is 10.2. The maximum Gasteiger partial charge on any atom is 0.332 e. The summed E-state index contributed by atoms with van der Waals surface area (Å²) in [7, 11) is 3.52. The summed E-state index contributed by atoms with van der Waals surface area (Å²) in [6.45, 7) is 3.19. The van der Waals surface area contributed by atoms with Crippen LogP contribution in [0.4, 0.5) is 4.79 Å². The van der Waals surface area contributed by atoms with Crippen molar-refractivity contribution < 1.29 is 14.8 Å². The molecule has 0 radical (unpaired) electrons.